The maximum absolute atomic E-state index is 12.5. The van der Waals surface area contributed by atoms with E-state index in [1.807, 2.05) is 24.3 Å². The van der Waals surface area contributed by atoms with Gasteiger partial charge in [-0.2, -0.15) is 0 Å². The van der Waals surface area contributed by atoms with E-state index in [9.17, 15) is 4.79 Å². The van der Waals surface area contributed by atoms with Crippen molar-refractivity contribution < 1.29 is 19.0 Å². The van der Waals surface area contributed by atoms with Crippen LogP contribution in [0.15, 0.2) is 30.3 Å². The predicted molar refractivity (Wildman–Crippen MR) is 88.3 cm³/mol. The van der Waals surface area contributed by atoms with Crippen molar-refractivity contribution in [1.29, 1.82) is 0 Å². The highest BCUT2D eigenvalue weighted by molar-refractivity contribution is 6.30. The van der Waals surface area contributed by atoms with E-state index in [1.165, 1.54) is 0 Å². The van der Waals surface area contributed by atoms with Gasteiger partial charge in [0, 0.05) is 28.5 Å². The molecule has 0 N–H and O–H groups in total. The van der Waals surface area contributed by atoms with Crippen LogP contribution in [0.5, 0.6) is 17.2 Å². The minimum absolute atomic E-state index is 0.0687. The normalized spacial score (nSPS) is 16.2. The minimum atomic E-state index is -0.0791. The number of carbonyl (C=O) groups is 1. The minimum Gasteiger partial charge on any atom is -0.493 e. The molecule has 0 heterocycles. The van der Waals surface area contributed by atoms with Crippen LogP contribution in [0.2, 0.25) is 5.02 Å². The molecule has 2 aromatic carbocycles. The van der Waals surface area contributed by atoms with Crippen LogP contribution in [0.1, 0.15) is 33.8 Å². The second-order valence-corrected chi connectivity index (χ2v) is 5.77. The number of hydrogen-bond donors (Lipinski definition) is 0. The number of ketones is 1. The van der Waals surface area contributed by atoms with Gasteiger partial charge >= 0.3 is 0 Å². The SMILES string of the molecule is COc1cc2c(c(OC)c1OC)C(c1ccc(Cl)cc1)CC2=O. The van der Waals surface area contributed by atoms with E-state index in [2.05, 4.69) is 0 Å². The van der Waals surface area contributed by atoms with Crippen molar-refractivity contribution >= 4 is 17.4 Å². The van der Waals surface area contributed by atoms with Crippen LogP contribution in [0.25, 0.3) is 0 Å². The lowest BCUT2D eigenvalue weighted by atomic mass is 9.92. The highest BCUT2D eigenvalue weighted by atomic mass is 35.5. The Balaban J connectivity index is 2.22. The molecule has 0 saturated heterocycles. The Bertz CT molecular complexity index is 753. The lowest BCUT2D eigenvalue weighted by Crippen LogP contribution is -2.03. The summed E-state index contributed by atoms with van der Waals surface area (Å²) in [6.07, 6.45) is 0.393. The van der Waals surface area contributed by atoms with Gasteiger partial charge in [0.1, 0.15) is 0 Å². The van der Waals surface area contributed by atoms with Gasteiger partial charge in [0.2, 0.25) is 5.75 Å². The summed E-state index contributed by atoms with van der Waals surface area (Å²) in [7, 11) is 4.67. The van der Waals surface area contributed by atoms with E-state index in [-0.39, 0.29) is 11.7 Å². The number of methoxy groups -OCH3 is 3. The zero-order valence-corrected chi connectivity index (χ0v) is 13.9. The molecular weight excluding hydrogens is 316 g/mol. The standard InChI is InChI=1S/C18H17ClO4/c1-21-15-9-13-14(20)8-12(10-4-6-11(19)7-5-10)16(13)18(23-3)17(15)22-2/h4-7,9,12H,8H2,1-3H3. The molecule has 1 unspecified atom stereocenters. The van der Waals surface area contributed by atoms with Gasteiger partial charge in [-0.05, 0) is 23.8 Å². The zero-order valence-electron chi connectivity index (χ0n) is 13.2. The average Bonchev–Trinajstić information content (AvgIpc) is 2.90. The molecule has 5 heteroatoms. The second kappa shape index (κ2) is 6.13. The molecule has 4 nitrogen and oxygen atoms in total. The zero-order chi connectivity index (χ0) is 16.6. The number of carbonyl (C=O) groups excluding carboxylic acids is 1. The third-order valence-corrected chi connectivity index (χ3v) is 4.43. The molecule has 0 aliphatic heterocycles. The van der Waals surface area contributed by atoms with Crippen molar-refractivity contribution in [2.75, 3.05) is 21.3 Å². The largest absolute Gasteiger partial charge is 0.493 e. The lowest BCUT2D eigenvalue weighted by molar-refractivity contribution is 0.0991. The molecule has 0 saturated carbocycles. The van der Waals surface area contributed by atoms with Crippen molar-refractivity contribution in [2.45, 2.75) is 12.3 Å². The molecule has 23 heavy (non-hydrogen) atoms. The molecule has 0 amide bonds. The van der Waals surface area contributed by atoms with Crippen LogP contribution < -0.4 is 14.2 Å². The van der Waals surface area contributed by atoms with Gasteiger partial charge in [-0.15, -0.1) is 0 Å². The Morgan fingerprint density at radius 1 is 1.00 bits per heavy atom. The monoisotopic (exact) mass is 332 g/mol. The fraction of sp³-hybridized carbons (Fsp3) is 0.278. The Hall–Kier alpha value is -2.20. The van der Waals surface area contributed by atoms with E-state index < -0.39 is 0 Å². The summed E-state index contributed by atoms with van der Waals surface area (Å²) in [5, 5.41) is 0.664. The van der Waals surface area contributed by atoms with Gasteiger partial charge in [-0.1, -0.05) is 23.7 Å². The van der Waals surface area contributed by atoms with Crippen LogP contribution >= 0.6 is 11.6 Å². The summed E-state index contributed by atoms with van der Waals surface area (Å²) in [5.74, 6) is 1.53. The van der Waals surface area contributed by atoms with Crippen molar-refractivity contribution in [3.63, 3.8) is 0 Å². The van der Waals surface area contributed by atoms with E-state index in [0.717, 1.165) is 11.1 Å². The number of ether oxygens (including phenoxy) is 3. The maximum atomic E-state index is 12.5. The highest BCUT2D eigenvalue weighted by Gasteiger charge is 2.36. The van der Waals surface area contributed by atoms with E-state index in [4.69, 9.17) is 25.8 Å². The number of Topliss-reactive ketones (excluding diaryl/α,β-unsaturated/α-hetero) is 1. The number of halogens is 1. The summed E-state index contributed by atoms with van der Waals surface area (Å²) in [6.45, 7) is 0. The third-order valence-electron chi connectivity index (χ3n) is 4.18. The molecule has 1 atom stereocenters. The Kier molecular flexibility index (Phi) is 4.18. The van der Waals surface area contributed by atoms with Gasteiger partial charge in [0.15, 0.2) is 17.3 Å². The molecule has 3 rings (SSSR count). The fourth-order valence-electron chi connectivity index (χ4n) is 3.13. The molecule has 2 aromatic rings. The molecule has 0 aromatic heterocycles. The summed E-state index contributed by atoms with van der Waals surface area (Å²) in [6, 6.07) is 9.26. The maximum Gasteiger partial charge on any atom is 0.203 e. The summed E-state index contributed by atoms with van der Waals surface area (Å²) in [5.41, 5.74) is 2.49. The average molecular weight is 333 g/mol. The molecule has 0 bridgehead atoms. The van der Waals surface area contributed by atoms with E-state index in [0.29, 0.717) is 34.3 Å². The molecule has 120 valence electrons. The van der Waals surface area contributed by atoms with Gasteiger partial charge in [0.05, 0.1) is 21.3 Å². The van der Waals surface area contributed by atoms with Crippen LogP contribution in [0, 0.1) is 0 Å². The van der Waals surface area contributed by atoms with Crippen LogP contribution in [0.3, 0.4) is 0 Å². The first-order valence-corrected chi connectivity index (χ1v) is 7.60. The summed E-state index contributed by atoms with van der Waals surface area (Å²) >= 11 is 5.96. The predicted octanol–water partition coefficient (Wildman–Crippen LogP) is 4.08. The number of benzene rings is 2. The van der Waals surface area contributed by atoms with Gasteiger partial charge in [-0.3, -0.25) is 4.79 Å². The molecule has 0 radical (unpaired) electrons. The molecule has 0 fully saturated rings. The first-order valence-electron chi connectivity index (χ1n) is 7.22. The third kappa shape index (κ3) is 2.53. The van der Waals surface area contributed by atoms with Crippen molar-refractivity contribution in [1.82, 2.24) is 0 Å². The van der Waals surface area contributed by atoms with Crippen molar-refractivity contribution in [3.05, 3.63) is 52.0 Å². The fourth-order valence-corrected chi connectivity index (χ4v) is 3.26. The number of fused-ring (bicyclic) bond motifs is 1. The Morgan fingerprint density at radius 3 is 2.22 bits per heavy atom. The number of rotatable bonds is 4. The first-order chi connectivity index (χ1) is 11.1. The summed E-state index contributed by atoms with van der Waals surface area (Å²) in [4.78, 5) is 12.5. The smallest absolute Gasteiger partial charge is 0.203 e. The van der Waals surface area contributed by atoms with Crippen LogP contribution in [-0.2, 0) is 0 Å². The highest BCUT2D eigenvalue weighted by Crippen LogP contribution is 2.51. The van der Waals surface area contributed by atoms with Gasteiger partial charge in [-0.25, -0.2) is 0 Å². The van der Waals surface area contributed by atoms with Crippen LogP contribution in [-0.4, -0.2) is 27.1 Å². The van der Waals surface area contributed by atoms with Gasteiger partial charge in [0.25, 0.3) is 0 Å². The second-order valence-electron chi connectivity index (χ2n) is 5.34. The van der Waals surface area contributed by atoms with Crippen molar-refractivity contribution in [2.24, 2.45) is 0 Å². The van der Waals surface area contributed by atoms with Crippen LogP contribution in [0.4, 0.5) is 0 Å². The van der Waals surface area contributed by atoms with Gasteiger partial charge < -0.3 is 14.2 Å². The van der Waals surface area contributed by atoms with Crippen molar-refractivity contribution in [3.8, 4) is 17.2 Å². The number of hydrogen-bond acceptors (Lipinski definition) is 4. The molecule has 1 aliphatic rings. The van der Waals surface area contributed by atoms with E-state index >= 15 is 0 Å². The Labute approximate surface area is 139 Å². The molecule has 0 spiro atoms. The first kappa shape index (κ1) is 15.7. The molecular formula is C18H17ClO4. The summed E-state index contributed by atoms with van der Waals surface area (Å²) < 4.78 is 16.3. The lowest BCUT2D eigenvalue weighted by Gasteiger charge is -2.19. The Morgan fingerprint density at radius 2 is 1.65 bits per heavy atom. The van der Waals surface area contributed by atoms with E-state index in [1.54, 1.807) is 27.4 Å². The molecule has 1 aliphatic carbocycles. The quantitative estimate of drug-likeness (QED) is 0.846. The topological polar surface area (TPSA) is 44.8 Å².